The van der Waals surface area contributed by atoms with Crippen molar-refractivity contribution in [2.45, 2.75) is 0 Å². The summed E-state index contributed by atoms with van der Waals surface area (Å²) in [5.74, 6) is -1.04. The molecule has 1 aliphatic heterocycles. The monoisotopic (exact) mass is 395 g/mol. The molecular weight excluding hydrogens is 382 g/mol. The third-order valence-corrected chi connectivity index (χ3v) is 5.03. The standard InChI is InChI=1S/C20H14ClN3O2S/c1-23-11-12(13-6-2-4-8-16(13)23)10-14-18(25)22-20(27)24(19(14)26)17-9-5-3-7-15(17)21/h2-11H,1H3,(H,22,25,27)/b14-10-. The zero-order valence-corrected chi connectivity index (χ0v) is 15.8. The Kier molecular flexibility index (Phi) is 4.30. The van der Waals surface area contributed by atoms with Gasteiger partial charge in [-0.25, -0.2) is 0 Å². The number of nitrogens with one attached hydrogen (secondary N) is 1. The second kappa shape index (κ2) is 6.64. The number of halogens is 1. The summed E-state index contributed by atoms with van der Waals surface area (Å²) in [5.41, 5.74) is 2.21. The van der Waals surface area contributed by atoms with Gasteiger partial charge < -0.3 is 4.57 Å². The molecule has 3 aromatic rings. The summed E-state index contributed by atoms with van der Waals surface area (Å²) in [5, 5.41) is 3.90. The highest BCUT2D eigenvalue weighted by atomic mass is 35.5. The van der Waals surface area contributed by atoms with Crippen molar-refractivity contribution < 1.29 is 9.59 Å². The van der Waals surface area contributed by atoms with Crippen LogP contribution in [0.1, 0.15) is 5.56 Å². The first-order valence-corrected chi connectivity index (χ1v) is 8.96. The van der Waals surface area contributed by atoms with E-state index in [9.17, 15) is 9.59 Å². The van der Waals surface area contributed by atoms with Crippen LogP contribution in [0.2, 0.25) is 5.02 Å². The Labute approximate surface area is 165 Å². The Bertz CT molecular complexity index is 1150. The predicted molar refractivity (Wildman–Crippen MR) is 111 cm³/mol. The first-order valence-electron chi connectivity index (χ1n) is 8.17. The van der Waals surface area contributed by atoms with Gasteiger partial charge in [0.2, 0.25) is 0 Å². The van der Waals surface area contributed by atoms with E-state index in [4.69, 9.17) is 23.8 Å². The molecule has 0 atom stereocenters. The number of anilines is 1. The quantitative estimate of drug-likeness (QED) is 0.409. The fraction of sp³-hybridized carbons (Fsp3) is 0.0500. The smallest absolute Gasteiger partial charge is 0.270 e. The molecule has 2 heterocycles. The van der Waals surface area contributed by atoms with Crippen LogP contribution in [0.5, 0.6) is 0 Å². The lowest BCUT2D eigenvalue weighted by Crippen LogP contribution is -2.54. The molecule has 1 aliphatic rings. The second-order valence-electron chi connectivity index (χ2n) is 6.12. The summed E-state index contributed by atoms with van der Waals surface area (Å²) in [6.45, 7) is 0. The number of rotatable bonds is 2. The van der Waals surface area contributed by atoms with E-state index in [0.29, 0.717) is 10.7 Å². The molecule has 1 aromatic heterocycles. The zero-order chi connectivity index (χ0) is 19.1. The molecule has 0 unspecified atom stereocenters. The van der Waals surface area contributed by atoms with Crippen molar-refractivity contribution in [2.24, 2.45) is 7.05 Å². The molecule has 0 radical (unpaired) electrons. The minimum Gasteiger partial charge on any atom is -0.350 e. The summed E-state index contributed by atoms with van der Waals surface area (Å²) in [7, 11) is 1.91. The lowest BCUT2D eigenvalue weighted by Gasteiger charge is -2.29. The van der Waals surface area contributed by atoms with E-state index in [1.54, 1.807) is 30.3 Å². The Balaban J connectivity index is 1.83. The minimum absolute atomic E-state index is 0.000118. The molecule has 0 bridgehead atoms. The lowest BCUT2D eigenvalue weighted by molar-refractivity contribution is -0.122. The molecule has 134 valence electrons. The maximum absolute atomic E-state index is 13.1. The molecule has 2 amide bonds. The maximum Gasteiger partial charge on any atom is 0.270 e. The molecule has 0 saturated carbocycles. The number of amides is 2. The van der Waals surface area contributed by atoms with E-state index in [1.807, 2.05) is 42.1 Å². The van der Waals surface area contributed by atoms with Gasteiger partial charge in [-0.2, -0.15) is 0 Å². The van der Waals surface area contributed by atoms with E-state index in [-0.39, 0.29) is 10.7 Å². The number of aromatic nitrogens is 1. The van der Waals surface area contributed by atoms with Gasteiger partial charge in [-0.1, -0.05) is 41.9 Å². The van der Waals surface area contributed by atoms with Crippen molar-refractivity contribution in [3.05, 3.63) is 70.9 Å². The number of carbonyl (C=O) groups is 2. The Morgan fingerprint density at radius 2 is 1.78 bits per heavy atom. The largest absolute Gasteiger partial charge is 0.350 e. The molecule has 1 fully saturated rings. The number of para-hydroxylation sites is 2. The summed E-state index contributed by atoms with van der Waals surface area (Å²) >= 11 is 11.4. The van der Waals surface area contributed by atoms with Gasteiger partial charge in [0.1, 0.15) is 5.57 Å². The maximum atomic E-state index is 13.1. The van der Waals surface area contributed by atoms with Crippen LogP contribution in [0, 0.1) is 0 Å². The van der Waals surface area contributed by atoms with Crippen LogP contribution >= 0.6 is 23.8 Å². The van der Waals surface area contributed by atoms with Crippen LogP contribution < -0.4 is 10.2 Å². The first-order chi connectivity index (χ1) is 13.0. The van der Waals surface area contributed by atoms with E-state index in [1.165, 1.54) is 4.90 Å². The third kappa shape index (κ3) is 2.93. The van der Waals surface area contributed by atoms with Gasteiger partial charge >= 0.3 is 0 Å². The normalized spacial score (nSPS) is 16.3. The molecule has 1 saturated heterocycles. The average Bonchev–Trinajstić information content (AvgIpc) is 2.96. The second-order valence-corrected chi connectivity index (χ2v) is 6.92. The van der Waals surface area contributed by atoms with Gasteiger partial charge in [0.25, 0.3) is 11.8 Å². The molecule has 1 N–H and O–H groups in total. The number of hydrogen-bond donors (Lipinski definition) is 1. The highest BCUT2D eigenvalue weighted by Gasteiger charge is 2.35. The molecule has 0 spiro atoms. The van der Waals surface area contributed by atoms with Crippen LogP contribution in [-0.4, -0.2) is 21.5 Å². The number of carbonyl (C=O) groups excluding carboxylic acids is 2. The summed E-state index contributed by atoms with van der Waals surface area (Å²) < 4.78 is 1.95. The topological polar surface area (TPSA) is 54.3 Å². The lowest BCUT2D eigenvalue weighted by atomic mass is 10.1. The number of hydrogen-bond acceptors (Lipinski definition) is 3. The number of fused-ring (bicyclic) bond motifs is 1. The third-order valence-electron chi connectivity index (χ3n) is 4.42. The SMILES string of the molecule is Cn1cc(/C=C2/C(=O)NC(=S)N(c3ccccc3Cl)C2=O)c2ccccc21. The summed E-state index contributed by atoms with van der Waals surface area (Å²) in [6.07, 6.45) is 3.47. The number of thiocarbonyl (C=S) groups is 1. The van der Waals surface area contributed by atoms with Crippen molar-refractivity contribution in [3.63, 3.8) is 0 Å². The molecular formula is C20H14ClN3O2S. The Morgan fingerprint density at radius 3 is 2.56 bits per heavy atom. The van der Waals surface area contributed by atoms with Gasteiger partial charge in [0, 0.05) is 29.7 Å². The van der Waals surface area contributed by atoms with E-state index < -0.39 is 11.8 Å². The minimum atomic E-state index is -0.527. The van der Waals surface area contributed by atoms with Crippen LogP contribution in [-0.2, 0) is 16.6 Å². The van der Waals surface area contributed by atoms with Gasteiger partial charge in [-0.15, -0.1) is 0 Å². The van der Waals surface area contributed by atoms with E-state index in [2.05, 4.69) is 5.32 Å². The molecule has 4 rings (SSSR count). The number of aryl methyl sites for hydroxylation is 1. The van der Waals surface area contributed by atoms with Crippen LogP contribution in [0.4, 0.5) is 5.69 Å². The molecule has 7 heteroatoms. The summed E-state index contributed by atoms with van der Waals surface area (Å²) in [6, 6.07) is 14.6. The first kappa shape index (κ1) is 17.5. The Hall–Kier alpha value is -2.96. The molecule has 2 aromatic carbocycles. The Morgan fingerprint density at radius 1 is 1.07 bits per heavy atom. The van der Waals surface area contributed by atoms with Gasteiger partial charge in [0.15, 0.2) is 5.11 Å². The number of benzene rings is 2. The predicted octanol–water partition coefficient (Wildman–Crippen LogP) is 3.66. The van der Waals surface area contributed by atoms with Crippen LogP contribution in [0.3, 0.4) is 0 Å². The van der Waals surface area contributed by atoms with E-state index >= 15 is 0 Å². The van der Waals surface area contributed by atoms with Gasteiger partial charge in [-0.3, -0.25) is 19.8 Å². The van der Waals surface area contributed by atoms with Crippen LogP contribution in [0.25, 0.3) is 17.0 Å². The fourth-order valence-electron chi connectivity index (χ4n) is 3.15. The fourth-order valence-corrected chi connectivity index (χ4v) is 3.65. The van der Waals surface area contributed by atoms with Crippen molar-refractivity contribution in [1.82, 2.24) is 9.88 Å². The number of nitrogens with zero attached hydrogens (tertiary/aromatic N) is 2. The van der Waals surface area contributed by atoms with Gasteiger partial charge in [-0.05, 0) is 36.5 Å². The van der Waals surface area contributed by atoms with E-state index in [0.717, 1.165) is 16.5 Å². The molecule has 27 heavy (non-hydrogen) atoms. The molecule has 0 aliphatic carbocycles. The van der Waals surface area contributed by atoms with Crippen molar-refractivity contribution in [3.8, 4) is 0 Å². The van der Waals surface area contributed by atoms with Crippen molar-refractivity contribution in [1.29, 1.82) is 0 Å². The van der Waals surface area contributed by atoms with Crippen molar-refractivity contribution in [2.75, 3.05) is 4.90 Å². The highest BCUT2D eigenvalue weighted by molar-refractivity contribution is 7.80. The van der Waals surface area contributed by atoms with Crippen molar-refractivity contribution >= 4 is 63.4 Å². The molecule has 5 nitrogen and oxygen atoms in total. The van der Waals surface area contributed by atoms with Gasteiger partial charge in [0.05, 0.1) is 10.7 Å². The zero-order valence-electron chi connectivity index (χ0n) is 14.3. The highest BCUT2D eigenvalue weighted by Crippen LogP contribution is 2.30. The van der Waals surface area contributed by atoms with Crippen LogP contribution in [0.15, 0.2) is 60.3 Å². The average molecular weight is 396 g/mol. The summed E-state index contributed by atoms with van der Waals surface area (Å²) in [4.78, 5) is 26.8.